The van der Waals surface area contributed by atoms with Gasteiger partial charge >= 0.3 is 0 Å². The number of rotatable bonds is 3. The van der Waals surface area contributed by atoms with Gasteiger partial charge in [0.1, 0.15) is 0 Å². The highest BCUT2D eigenvalue weighted by Crippen LogP contribution is 2.54. The van der Waals surface area contributed by atoms with Crippen molar-refractivity contribution in [3.8, 4) is 11.5 Å². The van der Waals surface area contributed by atoms with Crippen molar-refractivity contribution < 1.29 is 14.3 Å². The van der Waals surface area contributed by atoms with Crippen LogP contribution in [0.5, 0.6) is 11.5 Å². The minimum Gasteiger partial charge on any atom is -0.454 e. The third-order valence-corrected chi connectivity index (χ3v) is 6.98. The lowest BCUT2D eigenvalue weighted by Crippen LogP contribution is -2.30. The molecule has 3 aromatic carbocycles. The molecule has 3 aromatic rings. The van der Waals surface area contributed by atoms with Crippen molar-refractivity contribution in [1.82, 2.24) is 0 Å². The highest BCUT2D eigenvalue weighted by atomic mass is 16.7. The smallest absolute Gasteiger partial charge is 0.231 e. The molecule has 1 saturated heterocycles. The van der Waals surface area contributed by atoms with Crippen molar-refractivity contribution >= 4 is 11.5 Å². The number of benzene rings is 3. The van der Waals surface area contributed by atoms with E-state index in [4.69, 9.17) is 9.47 Å². The number of Topliss-reactive ketones (excluding diaryl/α,β-unsaturated/α-hetero) is 1. The maximum atomic E-state index is 13.6. The predicted molar refractivity (Wildman–Crippen MR) is 116 cm³/mol. The fourth-order valence-corrected chi connectivity index (χ4v) is 5.65. The van der Waals surface area contributed by atoms with Crippen molar-refractivity contribution in [3.05, 3.63) is 89.5 Å². The van der Waals surface area contributed by atoms with Gasteiger partial charge in [-0.25, -0.2) is 0 Å². The van der Waals surface area contributed by atoms with Gasteiger partial charge in [-0.05, 0) is 29.3 Å². The molecule has 1 fully saturated rings. The first-order chi connectivity index (χ1) is 14.7. The van der Waals surface area contributed by atoms with Crippen LogP contribution in [-0.2, 0) is 0 Å². The number of para-hydroxylation sites is 1. The Kier molecular flexibility index (Phi) is 3.88. The van der Waals surface area contributed by atoms with Crippen LogP contribution in [0.4, 0.5) is 5.69 Å². The van der Waals surface area contributed by atoms with Crippen LogP contribution >= 0.6 is 0 Å². The lowest BCUT2D eigenvalue weighted by Gasteiger charge is -2.27. The van der Waals surface area contributed by atoms with E-state index in [1.54, 1.807) is 0 Å². The van der Waals surface area contributed by atoms with E-state index in [2.05, 4.69) is 48.2 Å². The van der Waals surface area contributed by atoms with Gasteiger partial charge in [0.15, 0.2) is 17.3 Å². The molecule has 0 amide bonds. The molecule has 4 heteroatoms. The van der Waals surface area contributed by atoms with Gasteiger partial charge < -0.3 is 14.4 Å². The summed E-state index contributed by atoms with van der Waals surface area (Å²) in [4.78, 5) is 16.1. The van der Waals surface area contributed by atoms with E-state index >= 15 is 0 Å². The summed E-state index contributed by atoms with van der Waals surface area (Å²) in [5.74, 6) is 2.12. The Hall–Kier alpha value is -3.27. The first-order valence-electron chi connectivity index (χ1n) is 10.6. The molecular formula is C26H23NO3. The second kappa shape index (κ2) is 6.63. The second-order valence-corrected chi connectivity index (χ2v) is 8.47. The fraction of sp³-hybridized carbons (Fsp3) is 0.269. The highest BCUT2D eigenvalue weighted by Gasteiger charge is 2.52. The number of carbonyl (C=O) groups excluding carboxylic acids is 1. The van der Waals surface area contributed by atoms with E-state index in [0.717, 1.165) is 29.2 Å². The summed E-state index contributed by atoms with van der Waals surface area (Å²) in [6.45, 7) is 3.28. The maximum absolute atomic E-state index is 13.6. The number of hydrogen-bond donors (Lipinski definition) is 0. The van der Waals surface area contributed by atoms with E-state index in [-0.39, 0.29) is 30.5 Å². The lowest BCUT2D eigenvalue weighted by molar-refractivity contribution is 0.0917. The van der Waals surface area contributed by atoms with Gasteiger partial charge in [0.2, 0.25) is 6.79 Å². The third kappa shape index (κ3) is 2.49. The summed E-state index contributed by atoms with van der Waals surface area (Å²) < 4.78 is 11.2. The van der Waals surface area contributed by atoms with Crippen LogP contribution in [0.1, 0.15) is 40.2 Å². The summed E-state index contributed by atoms with van der Waals surface area (Å²) in [6.07, 6.45) is 0. The average Bonchev–Trinajstić information content (AvgIpc) is 3.48. The van der Waals surface area contributed by atoms with Crippen molar-refractivity contribution in [1.29, 1.82) is 0 Å². The largest absolute Gasteiger partial charge is 0.454 e. The molecule has 0 radical (unpaired) electrons. The molecule has 0 bridgehead atoms. The molecule has 4 atom stereocenters. The predicted octanol–water partition coefficient (Wildman–Crippen LogP) is 5.00. The Morgan fingerprint density at radius 3 is 2.57 bits per heavy atom. The van der Waals surface area contributed by atoms with Gasteiger partial charge in [-0.2, -0.15) is 0 Å². The first kappa shape index (κ1) is 17.6. The van der Waals surface area contributed by atoms with Crippen LogP contribution in [0.2, 0.25) is 0 Å². The van der Waals surface area contributed by atoms with Crippen LogP contribution in [0, 0.1) is 5.92 Å². The number of anilines is 1. The molecular weight excluding hydrogens is 374 g/mol. The van der Waals surface area contributed by atoms with E-state index in [9.17, 15) is 4.79 Å². The van der Waals surface area contributed by atoms with Gasteiger partial charge in [-0.1, -0.05) is 61.5 Å². The quantitative estimate of drug-likeness (QED) is 0.583. The second-order valence-electron chi connectivity index (χ2n) is 8.47. The Balaban J connectivity index is 1.47. The van der Waals surface area contributed by atoms with Gasteiger partial charge in [0.25, 0.3) is 0 Å². The molecule has 3 aliphatic heterocycles. The molecule has 30 heavy (non-hydrogen) atoms. The topological polar surface area (TPSA) is 38.8 Å². The first-order valence-corrected chi connectivity index (χ1v) is 10.6. The van der Waals surface area contributed by atoms with Gasteiger partial charge in [0.05, 0.1) is 0 Å². The molecule has 3 heterocycles. The minimum atomic E-state index is -0.103. The normalized spacial score (nSPS) is 25.8. The Labute approximate surface area is 176 Å². The van der Waals surface area contributed by atoms with Crippen molar-refractivity contribution in [2.45, 2.75) is 24.8 Å². The molecule has 4 nitrogen and oxygen atoms in total. The van der Waals surface area contributed by atoms with E-state index in [0.29, 0.717) is 5.92 Å². The zero-order valence-electron chi connectivity index (χ0n) is 16.8. The number of hydrogen-bond acceptors (Lipinski definition) is 4. The zero-order valence-corrected chi connectivity index (χ0v) is 16.8. The summed E-state index contributed by atoms with van der Waals surface area (Å²) in [6, 6.07) is 24.7. The molecule has 0 aliphatic carbocycles. The fourth-order valence-electron chi connectivity index (χ4n) is 5.65. The van der Waals surface area contributed by atoms with Crippen LogP contribution in [0.15, 0.2) is 72.8 Å². The molecule has 0 aromatic heterocycles. The average molecular weight is 397 g/mol. The lowest BCUT2D eigenvalue weighted by atomic mass is 9.76. The van der Waals surface area contributed by atoms with Gasteiger partial charge in [-0.15, -0.1) is 0 Å². The molecule has 6 rings (SSSR count). The van der Waals surface area contributed by atoms with Crippen molar-refractivity contribution in [3.63, 3.8) is 0 Å². The SMILES string of the molecule is CC1c2ccccc2N2C[C@H](C(=O)c3ccccc3)[C@H](c3ccc4c(c3)OCO4)C12. The van der Waals surface area contributed by atoms with E-state index < -0.39 is 0 Å². The van der Waals surface area contributed by atoms with E-state index in [1.807, 2.05) is 36.4 Å². The zero-order chi connectivity index (χ0) is 20.2. The van der Waals surface area contributed by atoms with Crippen LogP contribution in [-0.4, -0.2) is 25.2 Å². The summed E-state index contributed by atoms with van der Waals surface area (Å²) >= 11 is 0. The third-order valence-electron chi connectivity index (χ3n) is 6.98. The van der Waals surface area contributed by atoms with Crippen molar-refractivity contribution in [2.24, 2.45) is 5.92 Å². The molecule has 2 unspecified atom stereocenters. The van der Waals surface area contributed by atoms with E-state index in [1.165, 1.54) is 11.3 Å². The number of carbonyl (C=O) groups is 1. The van der Waals surface area contributed by atoms with Crippen molar-refractivity contribution in [2.75, 3.05) is 18.2 Å². The summed E-state index contributed by atoms with van der Waals surface area (Å²) in [5.41, 5.74) is 4.58. The monoisotopic (exact) mass is 397 g/mol. The Morgan fingerprint density at radius 2 is 1.70 bits per heavy atom. The maximum Gasteiger partial charge on any atom is 0.231 e. The van der Waals surface area contributed by atoms with Crippen LogP contribution < -0.4 is 14.4 Å². The Morgan fingerprint density at radius 1 is 0.933 bits per heavy atom. The standard InChI is InChI=1S/C26H23NO3/c1-16-19-9-5-6-10-21(19)27-14-20(26(28)17-7-3-2-4-8-17)24(25(16)27)18-11-12-22-23(13-18)30-15-29-22/h2-13,16,20,24-25H,14-15H2,1H3/t16?,20-,24-,25?/m0/s1. The van der Waals surface area contributed by atoms with Crippen LogP contribution in [0.3, 0.4) is 0 Å². The molecule has 3 aliphatic rings. The minimum absolute atomic E-state index is 0.0922. The number of ether oxygens (including phenoxy) is 2. The highest BCUT2D eigenvalue weighted by molar-refractivity contribution is 5.99. The molecule has 0 N–H and O–H groups in total. The number of fused-ring (bicyclic) bond motifs is 4. The summed E-state index contributed by atoms with van der Waals surface area (Å²) in [7, 11) is 0. The van der Waals surface area contributed by atoms with Gasteiger partial charge in [-0.3, -0.25) is 4.79 Å². The molecule has 0 spiro atoms. The number of ketones is 1. The van der Waals surface area contributed by atoms with Gasteiger partial charge in [0, 0.05) is 41.6 Å². The Bertz CT molecular complexity index is 1130. The summed E-state index contributed by atoms with van der Waals surface area (Å²) in [5, 5.41) is 0. The molecule has 0 saturated carbocycles. The molecule has 150 valence electrons. The number of nitrogens with zero attached hydrogens (tertiary/aromatic N) is 1. The van der Waals surface area contributed by atoms with Crippen LogP contribution in [0.25, 0.3) is 0 Å².